The first-order valence-corrected chi connectivity index (χ1v) is 6.39. The van der Waals surface area contributed by atoms with Crippen molar-refractivity contribution < 1.29 is 19.1 Å². The quantitative estimate of drug-likeness (QED) is 0.758. The molecule has 0 aliphatic heterocycles. The van der Waals surface area contributed by atoms with Crippen molar-refractivity contribution in [3.8, 4) is 0 Å². The zero-order valence-electron chi connectivity index (χ0n) is 10.6. The number of carboxylic acid groups (broad SMARTS) is 1. The standard InChI is InChI=1S/C13H18N2O4/c16-11(17)7-13(4-1-2-5-13)15-12(18)14-8-10-3-6-19-9-10/h3,6,9H,1-2,4-5,7-8H2,(H,16,17)(H2,14,15,18). The largest absolute Gasteiger partial charge is 0.481 e. The molecule has 0 bridgehead atoms. The molecule has 0 saturated heterocycles. The van der Waals surface area contributed by atoms with Gasteiger partial charge in [0, 0.05) is 12.1 Å². The fourth-order valence-electron chi connectivity index (χ4n) is 2.55. The van der Waals surface area contributed by atoms with Crippen LogP contribution in [0.3, 0.4) is 0 Å². The van der Waals surface area contributed by atoms with Gasteiger partial charge in [0.1, 0.15) is 0 Å². The number of aliphatic carboxylic acids is 1. The molecule has 1 fully saturated rings. The molecule has 1 aliphatic rings. The first-order valence-electron chi connectivity index (χ1n) is 6.39. The lowest BCUT2D eigenvalue weighted by Crippen LogP contribution is -2.51. The Bertz CT molecular complexity index is 436. The zero-order valence-corrected chi connectivity index (χ0v) is 10.6. The van der Waals surface area contributed by atoms with Gasteiger partial charge >= 0.3 is 12.0 Å². The molecule has 6 nitrogen and oxygen atoms in total. The number of nitrogens with one attached hydrogen (secondary N) is 2. The maximum absolute atomic E-state index is 11.8. The average molecular weight is 266 g/mol. The van der Waals surface area contributed by atoms with E-state index in [0.29, 0.717) is 6.54 Å². The van der Waals surface area contributed by atoms with Crippen molar-refractivity contribution in [2.45, 2.75) is 44.2 Å². The van der Waals surface area contributed by atoms with E-state index in [9.17, 15) is 9.59 Å². The summed E-state index contributed by atoms with van der Waals surface area (Å²) in [6.45, 7) is 0.367. The topological polar surface area (TPSA) is 91.6 Å². The monoisotopic (exact) mass is 266 g/mol. The first kappa shape index (κ1) is 13.5. The van der Waals surface area contributed by atoms with Crippen LogP contribution in [-0.2, 0) is 11.3 Å². The smallest absolute Gasteiger partial charge is 0.315 e. The number of carbonyl (C=O) groups excluding carboxylic acids is 1. The Morgan fingerprint density at radius 3 is 2.68 bits per heavy atom. The Kier molecular flexibility index (Phi) is 4.09. The molecule has 0 radical (unpaired) electrons. The van der Waals surface area contributed by atoms with E-state index in [1.165, 1.54) is 6.26 Å². The first-order chi connectivity index (χ1) is 9.10. The van der Waals surface area contributed by atoms with Crippen LogP contribution in [0.5, 0.6) is 0 Å². The van der Waals surface area contributed by atoms with Crippen LogP contribution in [0.15, 0.2) is 23.0 Å². The molecule has 1 aromatic rings. The van der Waals surface area contributed by atoms with Gasteiger partial charge in [-0.15, -0.1) is 0 Å². The highest BCUT2D eigenvalue weighted by Gasteiger charge is 2.37. The van der Waals surface area contributed by atoms with Gasteiger partial charge in [-0.2, -0.15) is 0 Å². The zero-order chi connectivity index (χ0) is 13.7. The van der Waals surface area contributed by atoms with E-state index in [2.05, 4.69) is 10.6 Å². The summed E-state index contributed by atoms with van der Waals surface area (Å²) in [6, 6.07) is 1.44. The molecule has 104 valence electrons. The van der Waals surface area contributed by atoms with Gasteiger partial charge in [0.2, 0.25) is 0 Å². The molecule has 1 aliphatic carbocycles. The average Bonchev–Trinajstić information content (AvgIpc) is 2.97. The fourth-order valence-corrected chi connectivity index (χ4v) is 2.55. The number of hydrogen-bond acceptors (Lipinski definition) is 3. The maximum atomic E-state index is 11.8. The number of urea groups is 1. The van der Waals surface area contributed by atoms with Gasteiger partial charge in [-0.05, 0) is 18.9 Å². The predicted molar refractivity (Wildman–Crippen MR) is 67.5 cm³/mol. The van der Waals surface area contributed by atoms with Crippen LogP contribution in [0.1, 0.15) is 37.7 Å². The van der Waals surface area contributed by atoms with Crippen molar-refractivity contribution in [3.63, 3.8) is 0 Å². The van der Waals surface area contributed by atoms with Crippen molar-refractivity contribution in [3.05, 3.63) is 24.2 Å². The van der Waals surface area contributed by atoms with Gasteiger partial charge in [0.25, 0.3) is 0 Å². The van der Waals surface area contributed by atoms with Crippen LogP contribution >= 0.6 is 0 Å². The summed E-state index contributed by atoms with van der Waals surface area (Å²) in [5, 5.41) is 14.5. The number of carbonyl (C=O) groups is 2. The minimum absolute atomic E-state index is 0.0217. The minimum atomic E-state index is -0.878. The Labute approximate surface area is 111 Å². The summed E-state index contributed by atoms with van der Waals surface area (Å²) >= 11 is 0. The predicted octanol–water partition coefficient (Wildman–Crippen LogP) is 1.87. The molecule has 2 rings (SSSR count). The number of furan rings is 1. The van der Waals surface area contributed by atoms with Crippen LogP contribution in [0, 0.1) is 0 Å². The third-order valence-electron chi connectivity index (χ3n) is 3.46. The summed E-state index contributed by atoms with van der Waals surface area (Å²) in [5.74, 6) is -0.878. The van der Waals surface area contributed by atoms with Gasteiger partial charge in [-0.3, -0.25) is 4.79 Å². The highest BCUT2D eigenvalue weighted by atomic mass is 16.4. The third-order valence-corrected chi connectivity index (χ3v) is 3.46. The lowest BCUT2D eigenvalue weighted by Gasteiger charge is -2.28. The Hall–Kier alpha value is -1.98. The molecule has 0 spiro atoms. The van der Waals surface area contributed by atoms with Gasteiger partial charge < -0.3 is 20.2 Å². The van der Waals surface area contributed by atoms with E-state index in [4.69, 9.17) is 9.52 Å². The molecule has 2 amide bonds. The molecular weight excluding hydrogens is 248 g/mol. The lowest BCUT2D eigenvalue weighted by molar-refractivity contribution is -0.138. The lowest BCUT2D eigenvalue weighted by atomic mass is 9.93. The Morgan fingerprint density at radius 2 is 2.11 bits per heavy atom. The van der Waals surface area contributed by atoms with Crippen LogP contribution in [0.2, 0.25) is 0 Å². The normalized spacial score (nSPS) is 17.1. The Balaban J connectivity index is 1.86. The summed E-state index contributed by atoms with van der Waals surface area (Å²) in [7, 11) is 0. The second kappa shape index (κ2) is 5.77. The molecule has 3 N–H and O–H groups in total. The molecule has 19 heavy (non-hydrogen) atoms. The fraction of sp³-hybridized carbons (Fsp3) is 0.538. The molecule has 0 unspecified atom stereocenters. The third kappa shape index (κ3) is 3.74. The van der Waals surface area contributed by atoms with Gasteiger partial charge in [-0.25, -0.2) is 4.79 Å². The Morgan fingerprint density at radius 1 is 1.37 bits per heavy atom. The van der Waals surface area contributed by atoms with Crippen molar-refractivity contribution in [1.82, 2.24) is 10.6 Å². The van der Waals surface area contributed by atoms with Crippen LogP contribution in [0.4, 0.5) is 4.79 Å². The number of carboxylic acids is 1. The van der Waals surface area contributed by atoms with Gasteiger partial charge in [-0.1, -0.05) is 12.8 Å². The van der Waals surface area contributed by atoms with Crippen molar-refractivity contribution in [2.24, 2.45) is 0 Å². The second-order valence-electron chi connectivity index (χ2n) is 5.00. The SMILES string of the molecule is O=C(O)CC1(NC(=O)NCc2ccoc2)CCCC1. The van der Waals surface area contributed by atoms with E-state index in [0.717, 1.165) is 31.2 Å². The summed E-state index contributed by atoms with van der Waals surface area (Å²) in [6.07, 6.45) is 6.42. The highest BCUT2D eigenvalue weighted by Crippen LogP contribution is 2.32. The molecular formula is C13H18N2O4. The van der Waals surface area contributed by atoms with E-state index in [1.54, 1.807) is 12.3 Å². The molecule has 1 heterocycles. The van der Waals surface area contributed by atoms with Crippen molar-refractivity contribution in [2.75, 3.05) is 0 Å². The van der Waals surface area contributed by atoms with Crippen LogP contribution in [0.25, 0.3) is 0 Å². The van der Waals surface area contributed by atoms with E-state index in [-0.39, 0.29) is 12.5 Å². The molecule has 0 atom stereocenters. The second-order valence-corrected chi connectivity index (χ2v) is 5.00. The summed E-state index contributed by atoms with van der Waals surface area (Å²) < 4.78 is 4.90. The van der Waals surface area contributed by atoms with Gasteiger partial charge in [0.15, 0.2) is 0 Å². The van der Waals surface area contributed by atoms with E-state index >= 15 is 0 Å². The number of rotatable bonds is 5. The van der Waals surface area contributed by atoms with Gasteiger partial charge in [0.05, 0.1) is 24.5 Å². The molecule has 0 aromatic carbocycles. The minimum Gasteiger partial charge on any atom is -0.481 e. The van der Waals surface area contributed by atoms with Crippen LogP contribution in [-0.4, -0.2) is 22.6 Å². The highest BCUT2D eigenvalue weighted by molar-refractivity contribution is 5.76. The summed E-state index contributed by atoms with van der Waals surface area (Å²) in [5.41, 5.74) is 0.278. The van der Waals surface area contributed by atoms with Crippen LogP contribution < -0.4 is 10.6 Å². The van der Waals surface area contributed by atoms with E-state index < -0.39 is 11.5 Å². The van der Waals surface area contributed by atoms with E-state index in [1.807, 2.05) is 0 Å². The number of hydrogen-bond donors (Lipinski definition) is 3. The number of amides is 2. The maximum Gasteiger partial charge on any atom is 0.315 e. The van der Waals surface area contributed by atoms with Crippen molar-refractivity contribution >= 4 is 12.0 Å². The molecule has 1 aromatic heterocycles. The molecule has 6 heteroatoms. The van der Waals surface area contributed by atoms with Crippen molar-refractivity contribution in [1.29, 1.82) is 0 Å². The summed E-state index contributed by atoms with van der Waals surface area (Å²) in [4.78, 5) is 22.7. The molecule has 1 saturated carbocycles.